The van der Waals surface area contributed by atoms with Crippen LogP contribution in [0.4, 0.5) is 10.8 Å². The van der Waals surface area contributed by atoms with Gasteiger partial charge in [0.05, 0.1) is 6.10 Å². The van der Waals surface area contributed by atoms with E-state index in [1.54, 1.807) is 0 Å². The van der Waals surface area contributed by atoms with Gasteiger partial charge in [0, 0.05) is 17.1 Å². The number of aromatic nitrogens is 1. The molecule has 0 radical (unpaired) electrons. The van der Waals surface area contributed by atoms with E-state index in [1.807, 2.05) is 61.5 Å². The number of nitrogens with two attached hydrogens (primary N) is 1. The first-order valence-electron chi connectivity index (χ1n) is 9.10. The zero-order valence-electron chi connectivity index (χ0n) is 15.7. The van der Waals surface area contributed by atoms with Crippen molar-refractivity contribution in [1.82, 2.24) is 10.3 Å². The minimum atomic E-state index is -0.512. The first kappa shape index (κ1) is 20.0. The fourth-order valence-corrected chi connectivity index (χ4v) is 3.52. The number of aliphatic hydroxyl groups excluding tert-OH is 1. The summed E-state index contributed by atoms with van der Waals surface area (Å²) in [4.78, 5) is 17.1. The second-order valence-electron chi connectivity index (χ2n) is 6.49. The standard InChI is InChI=1S/C21H24N4O2S/c1-14-19(25-21(22)28-14)20(27)24-17-9-7-15(8-10-17)11-12-23-13-18(26)16-5-3-2-4-6-16/h2-10,18,23,26H,11-13H2,1H3,(H2,22,25)(H,24,27). The van der Waals surface area contributed by atoms with Gasteiger partial charge in [-0.05, 0) is 43.1 Å². The maximum atomic E-state index is 12.3. The topological polar surface area (TPSA) is 100 Å². The van der Waals surface area contributed by atoms with Crippen molar-refractivity contribution in [1.29, 1.82) is 0 Å². The highest BCUT2D eigenvalue weighted by Crippen LogP contribution is 2.20. The molecule has 1 unspecified atom stereocenters. The molecular weight excluding hydrogens is 372 g/mol. The van der Waals surface area contributed by atoms with Crippen LogP contribution in [0.5, 0.6) is 0 Å². The van der Waals surface area contributed by atoms with Gasteiger partial charge in [0.25, 0.3) is 5.91 Å². The number of nitrogens with zero attached hydrogens (tertiary/aromatic N) is 1. The van der Waals surface area contributed by atoms with Crippen molar-refractivity contribution in [3.8, 4) is 0 Å². The van der Waals surface area contributed by atoms with E-state index in [1.165, 1.54) is 11.3 Å². The van der Waals surface area contributed by atoms with Crippen molar-refractivity contribution in [3.05, 3.63) is 76.3 Å². The third kappa shape index (κ3) is 5.39. The Morgan fingerprint density at radius 3 is 2.54 bits per heavy atom. The normalized spacial score (nSPS) is 11.9. The minimum Gasteiger partial charge on any atom is -0.387 e. The predicted molar refractivity (Wildman–Crippen MR) is 114 cm³/mol. The molecule has 3 aromatic rings. The van der Waals surface area contributed by atoms with Crippen molar-refractivity contribution in [3.63, 3.8) is 0 Å². The zero-order valence-corrected chi connectivity index (χ0v) is 16.5. The summed E-state index contributed by atoms with van der Waals surface area (Å²) >= 11 is 1.30. The van der Waals surface area contributed by atoms with Gasteiger partial charge < -0.3 is 21.5 Å². The summed E-state index contributed by atoms with van der Waals surface area (Å²) in [5.74, 6) is -0.255. The number of aliphatic hydroxyl groups is 1. The van der Waals surface area contributed by atoms with Crippen molar-refractivity contribution < 1.29 is 9.90 Å². The number of nitrogens with one attached hydrogen (secondary N) is 2. The summed E-state index contributed by atoms with van der Waals surface area (Å²) in [5.41, 5.74) is 8.79. The van der Waals surface area contributed by atoms with Crippen LogP contribution in [0.25, 0.3) is 0 Å². The molecule has 1 aromatic heterocycles. The average molecular weight is 397 g/mol. The largest absolute Gasteiger partial charge is 0.387 e. The Kier molecular flexibility index (Phi) is 6.76. The van der Waals surface area contributed by atoms with E-state index in [9.17, 15) is 9.90 Å². The summed E-state index contributed by atoms with van der Waals surface area (Å²) in [7, 11) is 0. The van der Waals surface area contributed by atoms with Gasteiger partial charge in [-0.25, -0.2) is 4.98 Å². The van der Waals surface area contributed by atoms with Crippen LogP contribution >= 0.6 is 11.3 Å². The van der Waals surface area contributed by atoms with Crippen LogP contribution in [0.3, 0.4) is 0 Å². The molecule has 6 nitrogen and oxygen atoms in total. The molecule has 146 valence electrons. The number of rotatable bonds is 8. The van der Waals surface area contributed by atoms with Gasteiger partial charge in [-0.15, -0.1) is 11.3 Å². The van der Waals surface area contributed by atoms with Crippen molar-refractivity contribution >= 4 is 28.1 Å². The molecule has 1 atom stereocenters. The van der Waals surface area contributed by atoms with Crippen LogP contribution < -0.4 is 16.4 Å². The maximum absolute atomic E-state index is 12.3. The number of carbonyl (C=O) groups is 1. The molecule has 0 saturated carbocycles. The van der Waals surface area contributed by atoms with Crippen LogP contribution in [0, 0.1) is 6.92 Å². The van der Waals surface area contributed by atoms with E-state index in [4.69, 9.17) is 5.73 Å². The van der Waals surface area contributed by atoms with Crippen LogP contribution in [0.15, 0.2) is 54.6 Å². The van der Waals surface area contributed by atoms with E-state index >= 15 is 0 Å². The zero-order chi connectivity index (χ0) is 19.9. The summed E-state index contributed by atoms with van der Waals surface area (Å²) in [6.45, 7) is 3.09. The average Bonchev–Trinajstić information content (AvgIpc) is 3.05. The minimum absolute atomic E-state index is 0.255. The monoisotopic (exact) mass is 396 g/mol. The molecule has 0 aliphatic carbocycles. The third-order valence-electron chi connectivity index (χ3n) is 4.35. The number of hydrogen-bond donors (Lipinski definition) is 4. The van der Waals surface area contributed by atoms with Gasteiger partial charge in [0.2, 0.25) is 0 Å². The summed E-state index contributed by atoms with van der Waals surface area (Å²) in [6.07, 6.45) is 0.319. The number of nitrogen functional groups attached to an aromatic ring is 1. The third-order valence-corrected chi connectivity index (χ3v) is 5.15. The summed E-state index contributed by atoms with van der Waals surface area (Å²) < 4.78 is 0. The highest BCUT2D eigenvalue weighted by atomic mass is 32.1. The molecule has 28 heavy (non-hydrogen) atoms. The lowest BCUT2D eigenvalue weighted by Gasteiger charge is -2.12. The lowest BCUT2D eigenvalue weighted by atomic mass is 10.1. The molecule has 0 saturated heterocycles. The highest BCUT2D eigenvalue weighted by Gasteiger charge is 2.14. The van der Waals surface area contributed by atoms with Gasteiger partial charge in [-0.2, -0.15) is 0 Å². The summed E-state index contributed by atoms with van der Waals surface area (Å²) in [5, 5.41) is 16.6. The lowest BCUT2D eigenvalue weighted by molar-refractivity contribution is 0.102. The molecular formula is C21H24N4O2S. The van der Waals surface area contributed by atoms with Gasteiger partial charge in [0.15, 0.2) is 5.13 Å². The molecule has 0 bridgehead atoms. The Hall–Kier alpha value is -2.74. The number of aryl methyl sites for hydroxylation is 1. The number of thiazole rings is 1. The molecule has 1 heterocycles. The number of amides is 1. The Bertz CT molecular complexity index is 910. The fourth-order valence-electron chi connectivity index (χ4n) is 2.84. The lowest BCUT2D eigenvalue weighted by Crippen LogP contribution is -2.23. The molecule has 0 aliphatic rings. The molecule has 3 rings (SSSR count). The fraction of sp³-hybridized carbons (Fsp3) is 0.238. The van der Waals surface area contributed by atoms with Crippen LogP contribution in [-0.2, 0) is 6.42 Å². The van der Waals surface area contributed by atoms with Crippen LogP contribution in [0.2, 0.25) is 0 Å². The number of hydrogen-bond acceptors (Lipinski definition) is 6. The van der Waals surface area contributed by atoms with E-state index in [-0.39, 0.29) is 5.91 Å². The van der Waals surface area contributed by atoms with Gasteiger partial charge >= 0.3 is 0 Å². The van der Waals surface area contributed by atoms with Crippen molar-refractivity contribution in [2.24, 2.45) is 0 Å². The number of anilines is 2. The van der Waals surface area contributed by atoms with E-state index in [0.29, 0.717) is 23.1 Å². The first-order valence-corrected chi connectivity index (χ1v) is 9.91. The number of benzene rings is 2. The quantitative estimate of drug-likeness (QED) is 0.438. The Morgan fingerprint density at radius 2 is 1.89 bits per heavy atom. The van der Waals surface area contributed by atoms with Crippen LogP contribution in [0.1, 0.15) is 32.6 Å². The van der Waals surface area contributed by atoms with E-state index in [2.05, 4.69) is 15.6 Å². The predicted octanol–water partition coefficient (Wildman–Crippen LogP) is 3.15. The first-order chi connectivity index (χ1) is 13.5. The van der Waals surface area contributed by atoms with E-state index < -0.39 is 6.10 Å². The molecule has 7 heteroatoms. The molecule has 0 fully saturated rings. The van der Waals surface area contributed by atoms with E-state index in [0.717, 1.165) is 29.0 Å². The second kappa shape index (κ2) is 9.45. The molecule has 0 spiro atoms. The number of carbonyl (C=O) groups excluding carboxylic acids is 1. The van der Waals surface area contributed by atoms with Gasteiger partial charge in [0.1, 0.15) is 5.69 Å². The Balaban J connectivity index is 1.44. The highest BCUT2D eigenvalue weighted by molar-refractivity contribution is 7.15. The molecule has 0 aliphatic heterocycles. The molecule has 2 aromatic carbocycles. The maximum Gasteiger partial charge on any atom is 0.275 e. The Morgan fingerprint density at radius 1 is 1.18 bits per heavy atom. The smallest absolute Gasteiger partial charge is 0.275 e. The van der Waals surface area contributed by atoms with Gasteiger partial charge in [-0.1, -0.05) is 42.5 Å². The molecule has 5 N–H and O–H groups in total. The van der Waals surface area contributed by atoms with Crippen molar-refractivity contribution in [2.75, 3.05) is 24.1 Å². The Labute approximate surface area is 168 Å². The molecule has 1 amide bonds. The van der Waals surface area contributed by atoms with Crippen LogP contribution in [-0.4, -0.2) is 29.1 Å². The SMILES string of the molecule is Cc1sc(N)nc1C(=O)Nc1ccc(CCNCC(O)c2ccccc2)cc1. The van der Waals surface area contributed by atoms with Crippen molar-refractivity contribution in [2.45, 2.75) is 19.4 Å². The second-order valence-corrected chi connectivity index (χ2v) is 7.72. The van der Waals surface area contributed by atoms with Gasteiger partial charge in [-0.3, -0.25) is 4.79 Å². The summed E-state index contributed by atoms with van der Waals surface area (Å²) in [6, 6.07) is 17.3.